The third-order valence-electron chi connectivity index (χ3n) is 2.91. The number of methoxy groups -OCH3 is 1. The molecular formula is C11H14O6. The molecule has 2 aliphatic rings. The van der Waals surface area contributed by atoms with Crippen molar-refractivity contribution in [1.82, 2.24) is 0 Å². The van der Waals surface area contributed by atoms with Crippen LogP contribution in [0.3, 0.4) is 0 Å². The molecule has 0 saturated carbocycles. The first-order valence-electron chi connectivity index (χ1n) is 5.36. The molecule has 94 valence electrons. The SMILES string of the molecule is COC(=O)C1=CC(O)C2OC(=O)C(C)OC2C1. The molecule has 2 rings (SSSR count). The second-order valence-electron chi connectivity index (χ2n) is 4.10. The van der Waals surface area contributed by atoms with Gasteiger partial charge in [-0.15, -0.1) is 0 Å². The maximum absolute atomic E-state index is 11.4. The van der Waals surface area contributed by atoms with Gasteiger partial charge in [-0.3, -0.25) is 0 Å². The van der Waals surface area contributed by atoms with E-state index >= 15 is 0 Å². The van der Waals surface area contributed by atoms with Crippen molar-refractivity contribution in [1.29, 1.82) is 0 Å². The van der Waals surface area contributed by atoms with Crippen molar-refractivity contribution in [2.24, 2.45) is 0 Å². The third kappa shape index (κ3) is 2.18. The Morgan fingerprint density at radius 3 is 2.94 bits per heavy atom. The smallest absolute Gasteiger partial charge is 0.335 e. The van der Waals surface area contributed by atoms with Gasteiger partial charge in [-0.05, 0) is 13.0 Å². The van der Waals surface area contributed by atoms with E-state index in [9.17, 15) is 14.7 Å². The molecule has 4 unspecified atom stereocenters. The summed E-state index contributed by atoms with van der Waals surface area (Å²) in [4.78, 5) is 22.7. The molecule has 0 aromatic rings. The van der Waals surface area contributed by atoms with Crippen molar-refractivity contribution in [3.8, 4) is 0 Å². The third-order valence-corrected chi connectivity index (χ3v) is 2.91. The zero-order valence-corrected chi connectivity index (χ0v) is 9.58. The molecule has 1 aliphatic heterocycles. The Balaban J connectivity index is 2.18. The molecule has 0 radical (unpaired) electrons. The molecule has 4 atom stereocenters. The van der Waals surface area contributed by atoms with Crippen LogP contribution >= 0.6 is 0 Å². The lowest BCUT2D eigenvalue weighted by Gasteiger charge is -2.38. The van der Waals surface area contributed by atoms with Crippen LogP contribution in [-0.2, 0) is 23.8 Å². The number of fused-ring (bicyclic) bond motifs is 1. The minimum atomic E-state index is -1.04. The Morgan fingerprint density at radius 1 is 1.59 bits per heavy atom. The van der Waals surface area contributed by atoms with Crippen LogP contribution in [0.2, 0.25) is 0 Å². The summed E-state index contributed by atoms with van der Waals surface area (Å²) < 4.78 is 15.1. The van der Waals surface area contributed by atoms with Crippen LogP contribution in [0.1, 0.15) is 13.3 Å². The van der Waals surface area contributed by atoms with Gasteiger partial charge in [0, 0.05) is 12.0 Å². The minimum Gasteiger partial charge on any atom is -0.466 e. The van der Waals surface area contributed by atoms with Gasteiger partial charge in [0.2, 0.25) is 0 Å². The van der Waals surface area contributed by atoms with Gasteiger partial charge in [0.1, 0.15) is 12.2 Å². The quantitative estimate of drug-likeness (QED) is 0.627. The summed E-state index contributed by atoms with van der Waals surface area (Å²) in [6, 6.07) is 0. The van der Waals surface area contributed by atoms with E-state index in [4.69, 9.17) is 9.47 Å². The monoisotopic (exact) mass is 242 g/mol. The average molecular weight is 242 g/mol. The van der Waals surface area contributed by atoms with E-state index < -0.39 is 36.4 Å². The standard InChI is InChI=1S/C11H14O6/c1-5-10(13)17-9-7(12)3-6(11(14)15-2)4-8(9)16-5/h3,5,7-9,12H,4H2,1-2H3. The van der Waals surface area contributed by atoms with Crippen LogP contribution in [0.5, 0.6) is 0 Å². The molecule has 1 N–H and O–H groups in total. The van der Waals surface area contributed by atoms with Crippen LogP contribution in [0.15, 0.2) is 11.6 Å². The molecule has 1 saturated heterocycles. The number of ether oxygens (including phenoxy) is 3. The molecule has 1 heterocycles. The van der Waals surface area contributed by atoms with E-state index in [-0.39, 0.29) is 6.42 Å². The van der Waals surface area contributed by atoms with E-state index in [1.807, 2.05) is 0 Å². The van der Waals surface area contributed by atoms with E-state index in [2.05, 4.69) is 4.74 Å². The highest BCUT2D eigenvalue weighted by atomic mass is 16.6. The van der Waals surface area contributed by atoms with Gasteiger partial charge < -0.3 is 19.3 Å². The van der Waals surface area contributed by atoms with E-state index in [1.54, 1.807) is 6.92 Å². The summed E-state index contributed by atoms with van der Waals surface area (Å²) in [6.45, 7) is 1.57. The summed E-state index contributed by atoms with van der Waals surface area (Å²) in [5, 5.41) is 9.78. The predicted octanol–water partition coefficient (Wildman–Crippen LogP) is -0.451. The molecule has 0 aromatic carbocycles. The van der Waals surface area contributed by atoms with Crippen molar-refractivity contribution in [3.05, 3.63) is 11.6 Å². The summed E-state index contributed by atoms with van der Waals surface area (Å²) in [6.07, 6.45) is -1.35. The van der Waals surface area contributed by atoms with Crippen molar-refractivity contribution in [2.75, 3.05) is 7.11 Å². The van der Waals surface area contributed by atoms with E-state index in [1.165, 1.54) is 13.2 Å². The number of aliphatic hydroxyl groups excluding tert-OH is 1. The number of hydrogen-bond acceptors (Lipinski definition) is 6. The lowest BCUT2D eigenvalue weighted by molar-refractivity contribution is -0.209. The van der Waals surface area contributed by atoms with Crippen LogP contribution in [0, 0.1) is 0 Å². The number of carbonyl (C=O) groups is 2. The molecule has 0 amide bonds. The molecule has 17 heavy (non-hydrogen) atoms. The average Bonchev–Trinajstić information content (AvgIpc) is 2.30. The molecule has 1 aliphatic carbocycles. The Morgan fingerprint density at radius 2 is 2.29 bits per heavy atom. The zero-order chi connectivity index (χ0) is 12.6. The van der Waals surface area contributed by atoms with Crippen molar-refractivity contribution in [3.63, 3.8) is 0 Å². The topological polar surface area (TPSA) is 82.1 Å². The molecule has 0 bridgehead atoms. The first kappa shape index (κ1) is 12.1. The van der Waals surface area contributed by atoms with Gasteiger partial charge in [0.15, 0.2) is 12.2 Å². The number of rotatable bonds is 1. The predicted molar refractivity (Wildman–Crippen MR) is 54.9 cm³/mol. The number of carbonyl (C=O) groups excluding carboxylic acids is 2. The van der Waals surface area contributed by atoms with Gasteiger partial charge in [0.25, 0.3) is 0 Å². The Labute approximate surface area is 98.1 Å². The summed E-state index contributed by atoms with van der Waals surface area (Å²) in [5.41, 5.74) is 0.339. The van der Waals surface area contributed by atoms with Crippen LogP contribution in [-0.4, -0.2) is 48.6 Å². The number of esters is 2. The second-order valence-corrected chi connectivity index (χ2v) is 4.10. The highest BCUT2D eigenvalue weighted by Gasteiger charge is 2.43. The highest BCUT2D eigenvalue weighted by Crippen LogP contribution is 2.29. The second kappa shape index (κ2) is 4.46. The van der Waals surface area contributed by atoms with E-state index in [0.717, 1.165) is 0 Å². The Bertz CT molecular complexity index is 374. The molecule has 6 heteroatoms. The minimum absolute atomic E-state index is 0.270. The number of aliphatic hydroxyl groups is 1. The van der Waals surface area contributed by atoms with Crippen molar-refractivity contribution < 1.29 is 28.9 Å². The maximum Gasteiger partial charge on any atom is 0.335 e. The van der Waals surface area contributed by atoms with Gasteiger partial charge in [-0.25, -0.2) is 9.59 Å². The molecule has 0 aromatic heterocycles. The van der Waals surface area contributed by atoms with Gasteiger partial charge in [-0.2, -0.15) is 0 Å². The van der Waals surface area contributed by atoms with Gasteiger partial charge >= 0.3 is 11.9 Å². The fourth-order valence-electron chi connectivity index (χ4n) is 2.02. The first-order valence-corrected chi connectivity index (χ1v) is 5.36. The Hall–Kier alpha value is -1.40. The summed E-state index contributed by atoms with van der Waals surface area (Å²) in [7, 11) is 1.27. The molecule has 1 fully saturated rings. The van der Waals surface area contributed by atoms with Crippen LogP contribution in [0.25, 0.3) is 0 Å². The molecule has 0 spiro atoms. The summed E-state index contributed by atoms with van der Waals surface area (Å²) >= 11 is 0. The molecular weight excluding hydrogens is 228 g/mol. The zero-order valence-electron chi connectivity index (χ0n) is 9.58. The number of hydrogen-bond donors (Lipinski definition) is 1. The Kier molecular flexibility index (Phi) is 3.17. The fourth-order valence-corrected chi connectivity index (χ4v) is 2.02. The van der Waals surface area contributed by atoms with Crippen LogP contribution in [0.4, 0.5) is 0 Å². The van der Waals surface area contributed by atoms with Gasteiger partial charge in [-0.1, -0.05) is 0 Å². The lowest BCUT2D eigenvalue weighted by atomic mass is 9.91. The maximum atomic E-state index is 11.4. The van der Waals surface area contributed by atoms with Gasteiger partial charge in [0.05, 0.1) is 7.11 Å². The summed E-state index contributed by atoms with van der Waals surface area (Å²) in [5.74, 6) is -1.00. The van der Waals surface area contributed by atoms with Crippen molar-refractivity contribution >= 4 is 11.9 Å². The fraction of sp³-hybridized carbons (Fsp3) is 0.636. The van der Waals surface area contributed by atoms with E-state index in [0.29, 0.717) is 5.57 Å². The van der Waals surface area contributed by atoms with Crippen molar-refractivity contribution in [2.45, 2.75) is 37.8 Å². The van der Waals surface area contributed by atoms with Crippen LogP contribution < -0.4 is 0 Å². The lowest BCUT2D eigenvalue weighted by Crippen LogP contribution is -2.52. The largest absolute Gasteiger partial charge is 0.466 e. The molecule has 6 nitrogen and oxygen atoms in total. The normalized spacial score (nSPS) is 36.6. The first-order chi connectivity index (χ1) is 8.02. The highest BCUT2D eigenvalue weighted by molar-refractivity contribution is 5.89.